The maximum absolute atomic E-state index is 8.33. The molecule has 0 amide bonds. The van der Waals surface area contributed by atoms with Crippen LogP contribution in [0.5, 0.6) is 0 Å². The molecule has 0 radical (unpaired) electrons. The summed E-state index contributed by atoms with van der Waals surface area (Å²) in [5, 5.41) is 16.7. The van der Waals surface area contributed by atoms with Crippen LogP contribution in [0.3, 0.4) is 0 Å². The van der Waals surface area contributed by atoms with E-state index in [1.807, 2.05) is 0 Å². The molecular weight excluding hydrogens is 186 g/mol. The molecule has 0 N–H and O–H groups in total. The minimum Gasteiger partial charge on any atom is -0.652 e. The van der Waals surface area contributed by atoms with Crippen LogP contribution in [0.25, 0.3) is 0 Å². The smallest absolute Gasteiger partial charge is 0.652 e. The Hall–Kier alpha value is 1.19. The standard InChI is InChI=1S/C4H8O2.CH2O3.2Na/c1-2-4-6-5-3-1;2-1(3)4;;/h1-4H2;(H2,2,3,4);;/q;;2*+1/p-2. The van der Waals surface area contributed by atoms with Gasteiger partial charge in [0.1, 0.15) is 0 Å². The Kier molecular flexibility index (Phi) is 23.1. The first kappa shape index (κ1) is 18.9. The number of hydrogen-bond donors (Lipinski definition) is 0. The first-order chi connectivity index (χ1) is 4.73. The molecule has 60 valence electrons. The average Bonchev–Trinajstić information content (AvgIpc) is 1.90. The van der Waals surface area contributed by atoms with E-state index in [1.54, 1.807) is 0 Å². The molecule has 7 heteroatoms. The molecule has 0 aromatic carbocycles. The number of rotatable bonds is 0. The maximum Gasteiger partial charge on any atom is 1.00 e. The van der Waals surface area contributed by atoms with Crippen molar-refractivity contribution in [2.24, 2.45) is 0 Å². The molecule has 1 heterocycles. The molecule has 0 spiro atoms. The van der Waals surface area contributed by atoms with Gasteiger partial charge in [0.25, 0.3) is 0 Å². The van der Waals surface area contributed by atoms with Crippen molar-refractivity contribution in [3.05, 3.63) is 0 Å². The maximum atomic E-state index is 8.33. The van der Waals surface area contributed by atoms with Gasteiger partial charge in [-0.05, 0) is 19.0 Å². The zero-order chi connectivity index (χ0) is 7.82. The van der Waals surface area contributed by atoms with Gasteiger partial charge in [-0.15, -0.1) is 0 Å². The first-order valence-corrected chi connectivity index (χ1v) is 2.86. The molecule has 0 atom stereocenters. The second-order valence-corrected chi connectivity index (χ2v) is 1.60. The van der Waals surface area contributed by atoms with E-state index in [0.717, 1.165) is 26.1 Å². The molecule has 0 saturated carbocycles. The fourth-order valence-electron chi connectivity index (χ4n) is 0.440. The van der Waals surface area contributed by atoms with E-state index in [9.17, 15) is 0 Å². The van der Waals surface area contributed by atoms with E-state index < -0.39 is 6.16 Å². The Morgan fingerprint density at radius 2 is 1.25 bits per heavy atom. The average molecular weight is 194 g/mol. The number of carbonyl (C=O) groups excluding carboxylic acids is 1. The molecular formula is C5H8Na2O5. The fourth-order valence-corrected chi connectivity index (χ4v) is 0.440. The van der Waals surface area contributed by atoms with Gasteiger partial charge in [0.05, 0.1) is 13.2 Å². The third kappa shape index (κ3) is 22.5. The third-order valence-electron chi connectivity index (χ3n) is 0.789. The summed E-state index contributed by atoms with van der Waals surface area (Å²) in [6.07, 6.45) is -0.0278. The van der Waals surface area contributed by atoms with Gasteiger partial charge in [-0.25, -0.2) is 9.78 Å². The second-order valence-electron chi connectivity index (χ2n) is 1.60. The predicted molar refractivity (Wildman–Crippen MR) is 26.5 cm³/mol. The van der Waals surface area contributed by atoms with Gasteiger partial charge >= 0.3 is 59.1 Å². The summed E-state index contributed by atoms with van der Waals surface area (Å²) in [5.41, 5.74) is 0. The predicted octanol–water partition coefficient (Wildman–Crippen LogP) is -7.71. The zero-order valence-corrected chi connectivity index (χ0v) is 11.4. The molecule has 1 aliphatic rings. The summed E-state index contributed by atoms with van der Waals surface area (Å²) in [7, 11) is 0. The zero-order valence-electron chi connectivity index (χ0n) is 7.37. The van der Waals surface area contributed by atoms with Crippen LogP contribution in [-0.4, -0.2) is 19.4 Å². The fraction of sp³-hybridized carbons (Fsp3) is 0.800. The summed E-state index contributed by atoms with van der Waals surface area (Å²) >= 11 is 0. The SMILES string of the molecule is C1CCOOC1.O=C([O-])[O-].[Na+].[Na+]. The van der Waals surface area contributed by atoms with E-state index in [4.69, 9.17) is 15.0 Å². The summed E-state index contributed by atoms with van der Waals surface area (Å²) in [4.78, 5) is 17.5. The summed E-state index contributed by atoms with van der Waals surface area (Å²) in [5.74, 6) is 0. The van der Waals surface area contributed by atoms with E-state index >= 15 is 0 Å². The van der Waals surface area contributed by atoms with Crippen molar-refractivity contribution >= 4 is 6.16 Å². The van der Waals surface area contributed by atoms with Crippen molar-refractivity contribution in [3.8, 4) is 0 Å². The van der Waals surface area contributed by atoms with E-state index in [-0.39, 0.29) is 59.1 Å². The number of carboxylic acid groups (broad SMARTS) is 2. The largest absolute Gasteiger partial charge is 1.00 e. The van der Waals surface area contributed by atoms with Crippen molar-refractivity contribution < 1.29 is 83.9 Å². The minimum atomic E-state index is -2.33. The van der Waals surface area contributed by atoms with Crippen LogP contribution >= 0.6 is 0 Å². The van der Waals surface area contributed by atoms with Gasteiger partial charge in [0.2, 0.25) is 0 Å². The van der Waals surface area contributed by atoms with Crippen molar-refractivity contribution in [3.63, 3.8) is 0 Å². The Labute approximate surface area is 115 Å². The van der Waals surface area contributed by atoms with Crippen LogP contribution in [0.15, 0.2) is 0 Å². The monoisotopic (exact) mass is 194 g/mol. The Morgan fingerprint density at radius 1 is 1.00 bits per heavy atom. The topological polar surface area (TPSA) is 81.7 Å². The quantitative estimate of drug-likeness (QED) is 0.282. The third-order valence-corrected chi connectivity index (χ3v) is 0.789. The molecule has 1 rings (SSSR count). The number of hydrogen-bond acceptors (Lipinski definition) is 5. The molecule has 1 fully saturated rings. The van der Waals surface area contributed by atoms with Crippen molar-refractivity contribution in [1.82, 2.24) is 0 Å². The van der Waals surface area contributed by atoms with Gasteiger partial charge in [0, 0.05) is 0 Å². The molecule has 0 bridgehead atoms. The number of carbonyl (C=O) groups is 1. The summed E-state index contributed by atoms with van der Waals surface area (Å²) < 4.78 is 0. The minimum absolute atomic E-state index is 0. The molecule has 5 nitrogen and oxygen atoms in total. The second kappa shape index (κ2) is 14.7. The van der Waals surface area contributed by atoms with Crippen LogP contribution in [-0.2, 0) is 9.78 Å². The van der Waals surface area contributed by atoms with Gasteiger partial charge < -0.3 is 15.0 Å². The molecule has 0 aliphatic carbocycles. The van der Waals surface area contributed by atoms with Crippen LogP contribution in [0.1, 0.15) is 12.8 Å². The molecule has 0 aromatic rings. The molecule has 0 unspecified atom stereocenters. The van der Waals surface area contributed by atoms with Crippen LogP contribution in [0.4, 0.5) is 4.79 Å². The molecule has 1 saturated heterocycles. The summed E-state index contributed by atoms with van der Waals surface area (Å²) in [6.45, 7) is 1.56. The van der Waals surface area contributed by atoms with Gasteiger partial charge in [-0.1, -0.05) is 0 Å². The molecule has 1 aliphatic heterocycles. The van der Waals surface area contributed by atoms with Crippen molar-refractivity contribution in [2.45, 2.75) is 12.8 Å². The van der Waals surface area contributed by atoms with E-state index in [2.05, 4.69) is 9.78 Å². The molecule has 0 aromatic heterocycles. The van der Waals surface area contributed by atoms with Gasteiger partial charge in [-0.3, -0.25) is 0 Å². The summed E-state index contributed by atoms with van der Waals surface area (Å²) in [6, 6.07) is 0. The Morgan fingerprint density at radius 3 is 1.33 bits per heavy atom. The molecule has 12 heavy (non-hydrogen) atoms. The van der Waals surface area contributed by atoms with Crippen LogP contribution < -0.4 is 69.3 Å². The Bertz CT molecular complexity index is 80.3. The van der Waals surface area contributed by atoms with E-state index in [1.165, 1.54) is 0 Å². The van der Waals surface area contributed by atoms with Crippen molar-refractivity contribution in [1.29, 1.82) is 0 Å². The van der Waals surface area contributed by atoms with Crippen LogP contribution in [0.2, 0.25) is 0 Å². The van der Waals surface area contributed by atoms with Crippen molar-refractivity contribution in [2.75, 3.05) is 13.2 Å². The van der Waals surface area contributed by atoms with Gasteiger partial charge in [0.15, 0.2) is 0 Å². The first-order valence-electron chi connectivity index (χ1n) is 2.86. The Balaban J connectivity index is -0.000000124. The van der Waals surface area contributed by atoms with Gasteiger partial charge in [-0.2, -0.15) is 0 Å². The van der Waals surface area contributed by atoms with Crippen LogP contribution in [0, 0.1) is 0 Å². The van der Waals surface area contributed by atoms with E-state index in [0.29, 0.717) is 0 Å². The normalized spacial score (nSPS) is 14.0.